The van der Waals surface area contributed by atoms with Gasteiger partial charge in [0.1, 0.15) is 0 Å². The molecular weight excluding hydrogens is 228 g/mol. The molecule has 0 saturated carbocycles. The molecule has 0 N–H and O–H groups in total. The Morgan fingerprint density at radius 3 is 2.87 bits per heavy atom. The summed E-state index contributed by atoms with van der Waals surface area (Å²) in [5.74, 6) is -0.234. The fourth-order valence-corrected chi connectivity index (χ4v) is 3.05. The second-order valence-electron chi connectivity index (χ2n) is 2.86. The molecule has 0 radical (unpaired) electrons. The molecule has 0 saturated heterocycles. The minimum Gasteiger partial charge on any atom is -0.462 e. The molecule has 0 atom stereocenters. The van der Waals surface area contributed by atoms with Crippen LogP contribution in [-0.2, 0) is 4.74 Å². The molecule has 0 spiro atoms. The van der Waals surface area contributed by atoms with Gasteiger partial charge in [0.05, 0.1) is 17.0 Å². The van der Waals surface area contributed by atoms with Gasteiger partial charge < -0.3 is 4.74 Å². The van der Waals surface area contributed by atoms with Gasteiger partial charge in [-0.25, -0.2) is 4.79 Å². The average Bonchev–Trinajstić information content (AvgIpc) is 2.88. The third-order valence-corrected chi connectivity index (χ3v) is 3.87. The molecule has 78 valence electrons. The fraction of sp³-hybridized carbons (Fsp3) is 0.182. The van der Waals surface area contributed by atoms with Gasteiger partial charge in [0.15, 0.2) is 0 Å². The summed E-state index contributed by atoms with van der Waals surface area (Å²) < 4.78 is 5.00. The van der Waals surface area contributed by atoms with Crippen molar-refractivity contribution in [1.29, 1.82) is 0 Å². The summed E-state index contributed by atoms with van der Waals surface area (Å²) in [4.78, 5) is 13.7. The van der Waals surface area contributed by atoms with Gasteiger partial charge in [0.2, 0.25) is 0 Å². The summed E-state index contributed by atoms with van der Waals surface area (Å²) in [6.07, 6.45) is 0. The maximum absolute atomic E-state index is 11.6. The Bertz CT molecular complexity index is 443. The van der Waals surface area contributed by atoms with Crippen LogP contribution in [-0.4, -0.2) is 12.6 Å². The second-order valence-corrected chi connectivity index (χ2v) is 4.72. The van der Waals surface area contributed by atoms with E-state index in [-0.39, 0.29) is 5.97 Å². The first-order valence-electron chi connectivity index (χ1n) is 4.61. The number of rotatable bonds is 3. The SMILES string of the molecule is CCOC(=O)c1ccsc1-c1cccs1. The summed E-state index contributed by atoms with van der Waals surface area (Å²) >= 11 is 3.20. The van der Waals surface area contributed by atoms with Crippen LogP contribution in [0.4, 0.5) is 0 Å². The fourth-order valence-electron chi connectivity index (χ4n) is 1.28. The van der Waals surface area contributed by atoms with Crippen molar-refractivity contribution in [3.05, 3.63) is 34.5 Å². The summed E-state index contributed by atoms with van der Waals surface area (Å²) in [5.41, 5.74) is 0.671. The van der Waals surface area contributed by atoms with Crippen molar-refractivity contribution in [1.82, 2.24) is 0 Å². The molecule has 0 amide bonds. The summed E-state index contributed by atoms with van der Waals surface area (Å²) in [7, 11) is 0. The van der Waals surface area contributed by atoms with Gasteiger partial charge in [0, 0.05) is 4.88 Å². The van der Waals surface area contributed by atoms with Gasteiger partial charge in [-0.1, -0.05) is 6.07 Å². The van der Waals surface area contributed by atoms with Gasteiger partial charge in [-0.3, -0.25) is 0 Å². The van der Waals surface area contributed by atoms with E-state index in [0.29, 0.717) is 12.2 Å². The van der Waals surface area contributed by atoms with E-state index in [0.717, 1.165) is 9.75 Å². The van der Waals surface area contributed by atoms with Gasteiger partial charge in [-0.2, -0.15) is 0 Å². The van der Waals surface area contributed by atoms with Crippen molar-refractivity contribution in [3.8, 4) is 9.75 Å². The molecule has 4 heteroatoms. The number of thiophene rings is 2. The molecule has 0 fully saturated rings. The van der Waals surface area contributed by atoms with Crippen LogP contribution in [0.5, 0.6) is 0 Å². The van der Waals surface area contributed by atoms with Crippen LogP contribution in [0.1, 0.15) is 17.3 Å². The maximum atomic E-state index is 11.6. The first kappa shape index (κ1) is 10.4. The lowest BCUT2D eigenvalue weighted by atomic mass is 10.2. The zero-order chi connectivity index (χ0) is 10.7. The van der Waals surface area contributed by atoms with E-state index in [9.17, 15) is 4.79 Å². The molecule has 0 bridgehead atoms. The summed E-state index contributed by atoms with van der Waals surface area (Å²) in [6, 6.07) is 5.81. The normalized spacial score (nSPS) is 10.2. The molecule has 2 rings (SSSR count). The number of hydrogen-bond acceptors (Lipinski definition) is 4. The van der Waals surface area contributed by atoms with E-state index >= 15 is 0 Å². The molecule has 2 aromatic rings. The molecule has 2 heterocycles. The molecule has 0 unspecified atom stereocenters. The number of carbonyl (C=O) groups is 1. The summed E-state index contributed by atoms with van der Waals surface area (Å²) in [6.45, 7) is 2.23. The van der Waals surface area contributed by atoms with Crippen LogP contribution in [0.15, 0.2) is 29.0 Å². The largest absolute Gasteiger partial charge is 0.462 e. The smallest absolute Gasteiger partial charge is 0.339 e. The Labute approximate surface area is 96.1 Å². The van der Waals surface area contributed by atoms with E-state index in [1.165, 1.54) is 0 Å². The lowest BCUT2D eigenvalue weighted by molar-refractivity contribution is 0.0528. The van der Waals surface area contributed by atoms with E-state index in [1.807, 2.05) is 35.9 Å². The van der Waals surface area contributed by atoms with Crippen molar-refractivity contribution in [2.45, 2.75) is 6.92 Å². The highest BCUT2D eigenvalue weighted by atomic mass is 32.1. The zero-order valence-electron chi connectivity index (χ0n) is 8.23. The molecule has 15 heavy (non-hydrogen) atoms. The molecule has 2 nitrogen and oxygen atoms in total. The van der Waals surface area contributed by atoms with E-state index in [4.69, 9.17) is 4.74 Å². The Morgan fingerprint density at radius 2 is 2.20 bits per heavy atom. The quantitative estimate of drug-likeness (QED) is 0.763. The van der Waals surface area contributed by atoms with Crippen molar-refractivity contribution in [3.63, 3.8) is 0 Å². The van der Waals surface area contributed by atoms with Gasteiger partial charge in [0.25, 0.3) is 0 Å². The van der Waals surface area contributed by atoms with Gasteiger partial charge in [-0.15, -0.1) is 22.7 Å². The van der Waals surface area contributed by atoms with Crippen LogP contribution >= 0.6 is 22.7 Å². The molecular formula is C11H10O2S2. The lowest BCUT2D eigenvalue weighted by Gasteiger charge is -2.01. The monoisotopic (exact) mass is 238 g/mol. The third-order valence-electron chi connectivity index (χ3n) is 1.91. The Balaban J connectivity index is 2.34. The predicted molar refractivity (Wildman–Crippen MR) is 63.6 cm³/mol. The molecule has 0 aromatic carbocycles. The number of ether oxygens (including phenoxy) is 1. The minimum absolute atomic E-state index is 0.234. The van der Waals surface area contributed by atoms with Crippen LogP contribution in [0.3, 0.4) is 0 Å². The highest BCUT2D eigenvalue weighted by Gasteiger charge is 2.15. The van der Waals surface area contributed by atoms with E-state index < -0.39 is 0 Å². The van der Waals surface area contributed by atoms with E-state index in [1.54, 1.807) is 22.7 Å². The maximum Gasteiger partial charge on any atom is 0.339 e. The Kier molecular flexibility index (Phi) is 3.18. The highest BCUT2D eigenvalue weighted by Crippen LogP contribution is 2.33. The van der Waals surface area contributed by atoms with Crippen molar-refractivity contribution < 1.29 is 9.53 Å². The van der Waals surface area contributed by atoms with Gasteiger partial charge >= 0.3 is 5.97 Å². The van der Waals surface area contributed by atoms with Gasteiger partial charge in [-0.05, 0) is 29.8 Å². The van der Waals surface area contributed by atoms with Crippen LogP contribution in [0.25, 0.3) is 9.75 Å². The predicted octanol–water partition coefficient (Wildman–Crippen LogP) is 3.65. The molecule has 0 aliphatic rings. The van der Waals surface area contributed by atoms with Crippen molar-refractivity contribution in [2.24, 2.45) is 0 Å². The standard InChI is InChI=1S/C11H10O2S2/c1-2-13-11(12)8-5-7-15-10(8)9-4-3-6-14-9/h3-7H,2H2,1H3. The second kappa shape index (κ2) is 4.59. The number of carbonyl (C=O) groups excluding carboxylic acids is 1. The molecule has 0 aliphatic heterocycles. The van der Waals surface area contributed by atoms with E-state index in [2.05, 4.69) is 0 Å². The Hall–Kier alpha value is -1.13. The molecule has 0 aliphatic carbocycles. The highest BCUT2D eigenvalue weighted by molar-refractivity contribution is 7.20. The number of esters is 1. The van der Waals surface area contributed by atoms with Crippen molar-refractivity contribution >= 4 is 28.6 Å². The first-order valence-corrected chi connectivity index (χ1v) is 6.37. The minimum atomic E-state index is -0.234. The molecule has 2 aromatic heterocycles. The van der Waals surface area contributed by atoms with Crippen LogP contribution in [0.2, 0.25) is 0 Å². The van der Waals surface area contributed by atoms with Crippen LogP contribution < -0.4 is 0 Å². The first-order chi connectivity index (χ1) is 7.33. The van der Waals surface area contributed by atoms with Crippen LogP contribution in [0, 0.1) is 0 Å². The van der Waals surface area contributed by atoms with Crippen molar-refractivity contribution in [2.75, 3.05) is 6.61 Å². The third kappa shape index (κ3) is 2.11. The Morgan fingerprint density at radius 1 is 1.33 bits per heavy atom. The summed E-state index contributed by atoms with van der Waals surface area (Å²) in [5, 5.41) is 3.92. The lowest BCUT2D eigenvalue weighted by Crippen LogP contribution is -2.03. The average molecular weight is 238 g/mol. The zero-order valence-corrected chi connectivity index (χ0v) is 9.86. The topological polar surface area (TPSA) is 26.3 Å². The number of hydrogen-bond donors (Lipinski definition) is 0.